The highest BCUT2D eigenvalue weighted by atomic mass is 16.2. The fraction of sp³-hybridized carbons (Fsp3) is 0.182. The van der Waals surface area contributed by atoms with E-state index in [4.69, 9.17) is 0 Å². The van der Waals surface area contributed by atoms with E-state index in [1.165, 1.54) is 19.3 Å². The Labute approximate surface area is 169 Å². The van der Waals surface area contributed by atoms with Gasteiger partial charge in [0.15, 0.2) is 0 Å². The molecule has 2 N–H and O–H groups in total. The second-order valence-corrected chi connectivity index (χ2v) is 6.48. The molecule has 0 saturated carbocycles. The van der Waals surface area contributed by atoms with Gasteiger partial charge in [0.1, 0.15) is 0 Å². The van der Waals surface area contributed by atoms with Gasteiger partial charge < -0.3 is 15.5 Å². The van der Waals surface area contributed by atoms with Gasteiger partial charge in [-0.2, -0.15) is 0 Å². The first-order valence-corrected chi connectivity index (χ1v) is 9.35. The number of nitrogens with zero attached hydrogens (tertiary/aromatic N) is 3. The SMILES string of the molecule is CCN(Cc1ccccc1)C(=O)c1cnc(Nc2ccc(NC(C)=O)cc2)nc1. The van der Waals surface area contributed by atoms with E-state index in [9.17, 15) is 9.59 Å². The van der Waals surface area contributed by atoms with E-state index >= 15 is 0 Å². The molecule has 0 aliphatic carbocycles. The number of hydrogen-bond acceptors (Lipinski definition) is 5. The highest BCUT2D eigenvalue weighted by Gasteiger charge is 2.15. The molecule has 0 aliphatic rings. The van der Waals surface area contributed by atoms with Crippen LogP contribution in [-0.4, -0.2) is 33.2 Å². The molecule has 0 bridgehead atoms. The van der Waals surface area contributed by atoms with E-state index < -0.39 is 0 Å². The second kappa shape index (κ2) is 9.45. The quantitative estimate of drug-likeness (QED) is 0.641. The molecule has 1 aromatic heterocycles. The summed E-state index contributed by atoms with van der Waals surface area (Å²) in [6.45, 7) is 4.54. The Kier molecular flexibility index (Phi) is 6.52. The zero-order valence-corrected chi connectivity index (χ0v) is 16.4. The smallest absolute Gasteiger partial charge is 0.257 e. The minimum absolute atomic E-state index is 0.109. The number of rotatable bonds is 7. The van der Waals surface area contributed by atoms with Crippen molar-refractivity contribution in [1.29, 1.82) is 0 Å². The Morgan fingerprint density at radius 1 is 0.931 bits per heavy atom. The topological polar surface area (TPSA) is 87.2 Å². The van der Waals surface area contributed by atoms with Crippen molar-refractivity contribution in [3.8, 4) is 0 Å². The number of nitrogens with one attached hydrogen (secondary N) is 2. The Bertz CT molecular complexity index is 957. The van der Waals surface area contributed by atoms with Crippen LogP contribution >= 0.6 is 0 Å². The second-order valence-electron chi connectivity index (χ2n) is 6.48. The van der Waals surface area contributed by atoms with Crippen LogP contribution in [0.5, 0.6) is 0 Å². The van der Waals surface area contributed by atoms with E-state index in [0.717, 1.165) is 11.3 Å². The highest BCUT2D eigenvalue weighted by Crippen LogP contribution is 2.17. The van der Waals surface area contributed by atoms with Crippen LogP contribution in [0.15, 0.2) is 67.0 Å². The number of carbonyl (C=O) groups is 2. The van der Waals surface area contributed by atoms with Crippen LogP contribution in [0.25, 0.3) is 0 Å². The van der Waals surface area contributed by atoms with Crippen LogP contribution < -0.4 is 10.6 Å². The summed E-state index contributed by atoms with van der Waals surface area (Å²) in [5.41, 5.74) is 3.00. The largest absolute Gasteiger partial charge is 0.335 e. The first-order valence-electron chi connectivity index (χ1n) is 9.35. The maximum absolute atomic E-state index is 12.8. The number of amides is 2. The zero-order valence-electron chi connectivity index (χ0n) is 16.4. The van der Waals surface area contributed by atoms with Gasteiger partial charge in [-0.15, -0.1) is 0 Å². The molecule has 29 heavy (non-hydrogen) atoms. The predicted octanol–water partition coefficient (Wildman–Crippen LogP) is 3.84. The van der Waals surface area contributed by atoms with Crippen molar-refractivity contribution >= 4 is 29.1 Å². The Morgan fingerprint density at radius 2 is 1.55 bits per heavy atom. The lowest BCUT2D eigenvalue weighted by Gasteiger charge is -2.20. The third kappa shape index (κ3) is 5.62. The van der Waals surface area contributed by atoms with Crippen LogP contribution in [0.3, 0.4) is 0 Å². The van der Waals surface area contributed by atoms with Gasteiger partial charge in [0.05, 0.1) is 5.56 Å². The Morgan fingerprint density at radius 3 is 2.14 bits per heavy atom. The number of aromatic nitrogens is 2. The molecule has 0 spiro atoms. The normalized spacial score (nSPS) is 10.3. The molecule has 0 unspecified atom stereocenters. The molecule has 2 amide bonds. The minimum Gasteiger partial charge on any atom is -0.335 e. The molecule has 7 heteroatoms. The lowest BCUT2D eigenvalue weighted by atomic mass is 10.2. The number of anilines is 3. The molecule has 7 nitrogen and oxygen atoms in total. The van der Waals surface area contributed by atoms with Crippen molar-refractivity contribution in [2.75, 3.05) is 17.2 Å². The predicted molar refractivity (Wildman–Crippen MR) is 113 cm³/mol. The Balaban J connectivity index is 1.64. The van der Waals surface area contributed by atoms with Gasteiger partial charge >= 0.3 is 0 Å². The van der Waals surface area contributed by atoms with Crippen LogP contribution in [0, 0.1) is 0 Å². The summed E-state index contributed by atoms with van der Waals surface area (Å²) < 4.78 is 0. The summed E-state index contributed by atoms with van der Waals surface area (Å²) in [5.74, 6) is 0.158. The van der Waals surface area contributed by atoms with E-state index in [-0.39, 0.29) is 11.8 Å². The van der Waals surface area contributed by atoms with Crippen LogP contribution in [0.2, 0.25) is 0 Å². The fourth-order valence-corrected chi connectivity index (χ4v) is 2.79. The minimum atomic E-state index is -0.123. The van der Waals surface area contributed by atoms with Crippen molar-refractivity contribution in [2.24, 2.45) is 0 Å². The van der Waals surface area contributed by atoms with Gasteiger partial charge in [-0.05, 0) is 36.8 Å². The number of hydrogen-bond donors (Lipinski definition) is 2. The maximum atomic E-state index is 12.8. The Hall–Kier alpha value is -3.74. The monoisotopic (exact) mass is 389 g/mol. The van der Waals surface area contributed by atoms with Gasteiger partial charge in [-0.25, -0.2) is 9.97 Å². The third-order valence-corrected chi connectivity index (χ3v) is 4.25. The molecule has 0 saturated heterocycles. The highest BCUT2D eigenvalue weighted by molar-refractivity contribution is 5.93. The molecule has 0 fully saturated rings. The van der Waals surface area contributed by atoms with Gasteiger partial charge in [0.2, 0.25) is 11.9 Å². The molecule has 1 heterocycles. The zero-order chi connectivity index (χ0) is 20.6. The van der Waals surface area contributed by atoms with E-state index in [1.54, 1.807) is 17.0 Å². The molecule has 2 aromatic carbocycles. The van der Waals surface area contributed by atoms with Crippen molar-refractivity contribution in [3.63, 3.8) is 0 Å². The lowest BCUT2D eigenvalue weighted by Crippen LogP contribution is -2.30. The lowest BCUT2D eigenvalue weighted by molar-refractivity contribution is -0.114. The average Bonchev–Trinajstić information content (AvgIpc) is 2.74. The van der Waals surface area contributed by atoms with Crippen LogP contribution in [0.4, 0.5) is 17.3 Å². The molecule has 0 radical (unpaired) electrons. The molecule has 148 valence electrons. The standard InChI is InChI=1S/C22H23N5O2/c1-3-27(15-17-7-5-4-6-8-17)21(29)18-13-23-22(24-14-18)26-20-11-9-19(10-12-20)25-16(2)28/h4-14H,3,15H2,1-2H3,(H,25,28)(H,23,24,26). The summed E-state index contributed by atoms with van der Waals surface area (Å²) in [6, 6.07) is 17.1. The van der Waals surface area contributed by atoms with E-state index in [0.29, 0.717) is 30.3 Å². The van der Waals surface area contributed by atoms with Crippen molar-refractivity contribution in [2.45, 2.75) is 20.4 Å². The summed E-state index contributed by atoms with van der Waals surface area (Å²) >= 11 is 0. The van der Waals surface area contributed by atoms with Crippen molar-refractivity contribution in [3.05, 3.63) is 78.1 Å². The summed E-state index contributed by atoms with van der Waals surface area (Å²) in [6.07, 6.45) is 3.05. The first-order chi connectivity index (χ1) is 14.0. The molecular weight excluding hydrogens is 366 g/mol. The van der Waals surface area contributed by atoms with Gasteiger partial charge in [0.25, 0.3) is 5.91 Å². The number of benzene rings is 2. The molecule has 3 rings (SSSR count). The van der Waals surface area contributed by atoms with Gasteiger partial charge in [0, 0.05) is 43.8 Å². The summed E-state index contributed by atoms with van der Waals surface area (Å²) in [5, 5.41) is 5.78. The molecule has 0 atom stereocenters. The fourth-order valence-electron chi connectivity index (χ4n) is 2.79. The van der Waals surface area contributed by atoms with Crippen molar-refractivity contribution in [1.82, 2.24) is 14.9 Å². The molecular formula is C22H23N5O2. The van der Waals surface area contributed by atoms with Gasteiger partial charge in [-0.3, -0.25) is 9.59 Å². The summed E-state index contributed by atoms with van der Waals surface area (Å²) in [7, 11) is 0. The summed E-state index contributed by atoms with van der Waals surface area (Å²) in [4.78, 5) is 34.1. The first kappa shape index (κ1) is 20.0. The van der Waals surface area contributed by atoms with Crippen LogP contribution in [-0.2, 0) is 11.3 Å². The average molecular weight is 389 g/mol. The third-order valence-electron chi connectivity index (χ3n) is 4.25. The molecule has 0 aliphatic heterocycles. The van der Waals surface area contributed by atoms with E-state index in [1.807, 2.05) is 49.4 Å². The van der Waals surface area contributed by atoms with Gasteiger partial charge in [-0.1, -0.05) is 30.3 Å². The molecule has 3 aromatic rings. The van der Waals surface area contributed by atoms with Crippen molar-refractivity contribution < 1.29 is 9.59 Å². The van der Waals surface area contributed by atoms with E-state index in [2.05, 4.69) is 20.6 Å². The van der Waals surface area contributed by atoms with Crippen LogP contribution in [0.1, 0.15) is 29.8 Å². The maximum Gasteiger partial charge on any atom is 0.257 e. The number of carbonyl (C=O) groups excluding carboxylic acids is 2.